The van der Waals surface area contributed by atoms with E-state index < -0.39 is 0 Å². The van der Waals surface area contributed by atoms with E-state index in [9.17, 15) is 0 Å². The number of hydrogen-bond acceptors (Lipinski definition) is 3. The zero-order valence-corrected chi connectivity index (χ0v) is 6.11. The predicted octanol–water partition coefficient (Wildman–Crippen LogP) is 0.469. The number of halogens is 1. The molecule has 0 unspecified atom stereocenters. The number of aliphatic imine (C=N–C) groups is 1. The largest absolute Gasteiger partial charge is 0.371 e. The Morgan fingerprint density at radius 1 is 1.50 bits per heavy atom. The first-order chi connectivity index (χ1) is 4.86. The van der Waals surface area contributed by atoms with Gasteiger partial charge in [-0.1, -0.05) is 0 Å². The van der Waals surface area contributed by atoms with Crippen LogP contribution in [-0.2, 0) is 4.74 Å². The summed E-state index contributed by atoms with van der Waals surface area (Å²) in [7, 11) is 0. The molecule has 10 heavy (non-hydrogen) atoms. The van der Waals surface area contributed by atoms with Crippen molar-refractivity contribution in [2.24, 2.45) is 4.99 Å². The summed E-state index contributed by atoms with van der Waals surface area (Å²) >= 11 is 5.63. The van der Waals surface area contributed by atoms with E-state index in [2.05, 4.69) is 10.3 Å². The van der Waals surface area contributed by atoms with E-state index in [4.69, 9.17) is 16.3 Å². The van der Waals surface area contributed by atoms with Gasteiger partial charge in [0.15, 0.2) is 5.29 Å². The second-order valence-corrected chi connectivity index (χ2v) is 2.66. The highest BCUT2D eigenvalue weighted by molar-refractivity contribution is 6.64. The number of nitrogens with zero attached hydrogens (tertiary/aromatic N) is 1. The van der Waals surface area contributed by atoms with Crippen LogP contribution in [0.5, 0.6) is 0 Å². The molecule has 2 rings (SSSR count). The molecular formula is C6H7ClN2O. The fourth-order valence-electron chi connectivity index (χ4n) is 1.06. The predicted molar refractivity (Wildman–Crippen MR) is 39.1 cm³/mol. The minimum absolute atomic E-state index is 0.476. The van der Waals surface area contributed by atoms with Crippen LogP contribution >= 0.6 is 11.6 Å². The zero-order valence-electron chi connectivity index (χ0n) is 5.35. The van der Waals surface area contributed by atoms with Gasteiger partial charge in [-0.05, 0) is 17.2 Å². The van der Waals surface area contributed by atoms with Crippen molar-refractivity contribution in [2.45, 2.75) is 0 Å². The lowest BCUT2D eigenvalue weighted by atomic mass is 10.2. The Morgan fingerprint density at radius 2 is 2.40 bits per heavy atom. The number of hydrogen-bond donors (Lipinski definition) is 1. The molecule has 0 aromatic rings. The summed E-state index contributed by atoms with van der Waals surface area (Å²) in [5.74, 6) is 0. The molecule has 4 heteroatoms. The number of rotatable bonds is 0. The highest BCUT2D eigenvalue weighted by Gasteiger charge is 2.18. The molecule has 3 nitrogen and oxygen atoms in total. The Bertz CT molecular complexity index is 222. The van der Waals surface area contributed by atoms with E-state index >= 15 is 0 Å². The molecule has 54 valence electrons. The van der Waals surface area contributed by atoms with Crippen molar-refractivity contribution in [1.29, 1.82) is 0 Å². The van der Waals surface area contributed by atoms with Crippen molar-refractivity contribution in [1.82, 2.24) is 5.32 Å². The second kappa shape index (κ2) is 2.25. The monoisotopic (exact) mass is 158 g/mol. The second-order valence-electron chi connectivity index (χ2n) is 2.30. The molecule has 0 bridgehead atoms. The van der Waals surface area contributed by atoms with Gasteiger partial charge in [0.2, 0.25) is 0 Å². The maximum Gasteiger partial charge on any atom is 0.196 e. The third-order valence-corrected chi connectivity index (χ3v) is 1.82. The average molecular weight is 159 g/mol. The van der Waals surface area contributed by atoms with Gasteiger partial charge in [0.25, 0.3) is 0 Å². The van der Waals surface area contributed by atoms with Crippen molar-refractivity contribution in [3.05, 3.63) is 11.3 Å². The normalized spacial score (nSPS) is 23.9. The van der Waals surface area contributed by atoms with E-state index in [1.54, 1.807) is 0 Å². The van der Waals surface area contributed by atoms with Crippen LogP contribution in [0, 0.1) is 0 Å². The third kappa shape index (κ3) is 0.914. The molecule has 2 aliphatic rings. The molecule has 2 heterocycles. The first kappa shape index (κ1) is 6.19. The number of ether oxygens (including phenoxy) is 1. The zero-order chi connectivity index (χ0) is 6.97. The Morgan fingerprint density at radius 3 is 3.30 bits per heavy atom. The molecule has 0 atom stereocenters. The fraction of sp³-hybridized carbons (Fsp3) is 0.500. The molecule has 0 amide bonds. The summed E-state index contributed by atoms with van der Waals surface area (Å²) in [6, 6.07) is 0. The third-order valence-electron chi connectivity index (χ3n) is 1.60. The highest BCUT2D eigenvalue weighted by Crippen LogP contribution is 2.17. The minimum Gasteiger partial charge on any atom is -0.371 e. The first-order valence-corrected chi connectivity index (χ1v) is 3.51. The van der Waals surface area contributed by atoms with Gasteiger partial charge in [-0.15, -0.1) is 0 Å². The Labute approximate surface area is 63.7 Å². The van der Waals surface area contributed by atoms with E-state index in [1.807, 2.05) is 0 Å². The summed E-state index contributed by atoms with van der Waals surface area (Å²) in [5.41, 5.74) is 2.23. The average Bonchev–Trinajstić information content (AvgIpc) is 2.33. The van der Waals surface area contributed by atoms with Gasteiger partial charge in [-0.3, -0.25) is 0 Å². The lowest BCUT2D eigenvalue weighted by Crippen LogP contribution is -2.25. The lowest BCUT2D eigenvalue weighted by Gasteiger charge is -2.09. The van der Waals surface area contributed by atoms with Crippen LogP contribution in [0.25, 0.3) is 0 Å². The van der Waals surface area contributed by atoms with Crippen LogP contribution in [-0.4, -0.2) is 25.1 Å². The van der Waals surface area contributed by atoms with Gasteiger partial charge in [-0.25, -0.2) is 4.99 Å². The van der Waals surface area contributed by atoms with Crippen molar-refractivity contribution in [3.63, 3.8) is 0 Å². The van der Waals surface area contributed by atoms with Gasteiger partial charge in [0, 0.05) is 6.54 Å². The van der Waals surface area contributed by atoms with Crippen LogP contribution < -0.4 is 5.32 Å². The summed E-state index contributed by atoms with van der Waals surface area (Å²) in [6.45, 7) is 2.11. The van der Waals surface area contributed by atoms with Crippen molar-refractivity contribution >= 4 is 16.9 Å². The SMILES string of the molecule is ClC1=NC2=C(CN1)COC2. The summed E-state index contributed by atoms with van der Waals surface area (Å²) in [5, 5.41) is 3.41. The van der Waals surface area contributed by atoms with Gasteiger partial charge in [-0.2, -0.15) is 0 Å². The van der Waals surface area contributed by atoms with Gasteiger partial charge >= 0.3 is 0 Å². The topological polar surface area (TPSA) is 33.6 Å². The van der Waals surface area contributed by atoms with E-state index in [-0.39, 0.29) is 0 Å². The Balaban J connectivity index is 2.29. The maximum atomic E-state index is 5.63. The highest BCUT2D eigenvalue weighted by atomic mass is 35.5. The summed E-state index contributed by atoms with van der Waals surface area (Å²) < 4.78 is 5.16. The molecule has 0 aliphatic carbocycles. The molecule has 1 N–H and O–H groups in total. The van der Waals surface area contributed by atoms with E-state index in [0.29, 0.717) is 18.5 Å². The molecule has 0 saturated carbocycles. The lowest BCUT2D eigenvalue weighted by molar-refractivity contribution is 0.204. The van der Waals surface area contributed by atoms with Crippen molar-refractivity contribution < 1.29 is 4.74 Å². The molecule has 0 saturated heterocycles. The van der Waals surface area contributed by atoms with Crippen LogP contribution in [0.2, 0.25) is 0 Å². The molecule has 0 aromatic heterocycles. The van der Waals surface area contributed by atoms with Crippen molar-refractivity contribution in [3.8, 4) is 0 Å². The van der Waals surface area contributed by atoms with Gasteiger partial charge in [0.1, 0.15) is 0 Å². The summed E-state index contributed by atoms with van der Waals surface area (Å²) in [4.78, 5) is 4.07. The molecule has 0 radical (unpaired) electrons. The van der Waals surface area contributed by atoms with Crippen LogP contribution in [0.3, 0.4) is 0 Å². The smallest absolute Gasteiger partial charge is 0.196 e. The quantitative estimate of drug-likeness (QED) is 0.520. The summed E-state index contributed by atoms with van der Waals surface area (Å²) in [6.07, 6.45) is 0. The molecule has 0 fully saturated rings. The standard InChI is InChI=1S/C6H7ClN2O/c7-6-8-1-4-2-10-3-5(4)9-6/h1-3H2,(H,8,9). The van der Waals surface area contributed by atoms with Crippen LogP contribution in [0.15, 0.2) is 16.3 Å². The van der Waals surface area contributed by atoms with Crippen LogP contribution in [0.1, 0.15) is 0 Å². The molecular weight excluding hydrogens is 152 g/mol. The molecule has 2 aliphatic heterocycles. The minimum atomic E-state index is 0.476. The fourth-order valence-corrected chi connectivity index (χ4v) is 1.23. The van der Waals surface area contributed by atoms with Crippen molar-refractivity contribution in [2.75, 3.05) is 19.8 Å². The number of amidine groups is 1. The molecule has 0 spiro atoms. The Kier molecular flexibility index (Phi) is 1.39. The Hall–Kier alpha value is -0.540. The van der Waals surface area contributed by atoms with E-state index in [0.717, 1.165) is 12.2 Å². The molecule has 0 aromatic carbocycles. The maximum absolute atomic E-state index is 5.63. The number of nitrogens with one attached hydrogen (secondary N) is 1. The van der Waals surface area contributed by atoms with Crippen LogP contribution in [0.4, 0.5) is 0 Å². The van der Waals surface area contributed by atoms with Gasteiger partial charge < -0.3 is 10.1 Å². The van der Waals surface area contributed by atoms with E-state index in [1.165, 1.54) is 5.57 Å². The van der Waals surface area contributed by atoms with Gasteiger partial charge in [0.05, 0.1) is 18.9 Å². The first-order valence-electron chi connectivity index (χ1n) is 3.13.